The molecule has 3 atom stereocenters. The molecular weight excluding hydrogens is 376 g/mol. The first-order valence-electron chi connectivity index (χ1n) is 11.5. The molecule has 6 nitrogen and oxygen atoms in total. The van der Waals surface area contributed by atoms with E-state index in [1.165, 1.54) is 12.0 Å². The van der Waals surface area contributed by atoms with Gasteiger partial charge < -0.3 is 14.8 Å². The number of amides is 1. The smallest absolute Gasteiger partial charge is 0.228 e. The number of nitrogens with one attached hydrogen (secondary N) is 1. The quantitative estimate of drug-likeness (QED) is 0.663. The van der Waals surface area contributed by atoms with Gasteiger partial charge in [0.2, 0.25) is 5.91 Å². The SMILES string of the molecule is Cc1ccn2cc(CNC(=O)[C@@]3(CCC(C)C)C[C@H]4CC[C@@H]3N4CCCO)nc2c1. The average Bonchev–Trinajstić information content (AvgIpc) is 3.39. The van der Waals surface area contributed by atoms with Gasteiger partial charge in [-0.15, -0.1) is 0 Å². The van der Waals surface area contributed by atoms with Crippen molar-refractivity contribution in [1.29, 1.82) is 0 Å². The Morgan fingerprint density at radius 3 is 3.00 bits per heavy atom. The molecule has 2 aliphatic rings. The van der Waals surface area contributed by atoms with Crippen LogP contribution >= 0.6 is 0 Å². The summed E-state index contributed by atoms with van der Waals surface area (Å²) >= 11 is 0. The fourth-order valence-electron chi connectivity index (χ4n) is 5.64. The molecule has 0 aliphatic carbocycles. The first-order chi connectivity index (χ1) is 14.4. The summed E-state index contributed by atoms with van der Waals surface area (Å²) in [5.74, 6) is 0.777. The van der Waals surface area contributed by atoms with Crippen LogP contribution in [0, 0.1) is 18.3 Å². The molecule has 2 bridgehead atoms. The van der Waals surface area contributed by atoms with Gasteiger partial charge >= 0.3 is 0 Å². The molecule has 2 N–H and O–H groups in total. The summed E-state index contributed by atoms with van der Waals surface area (Å²) in [5.41, 5.74) is 2.69. The third-order valence-electron chi connectivity index (χ3n) is 7.17. The minimum Gasteiger partial charge on any atom is -0.396 e. The number of carbonyl (C=O) groups is 1. The van der Waals surface area contributed by atoms with Crippen LogP contribution in [0.25, 0.3) is 5.65 Å². The summed E-state index contributed by atoms with van der Waals surface area (Å²) in [7, 11) is 0. The van der Waals surface area contributed by atoms with E-state index in [4.69, 9.17) is 0 Å². The maximum absolute atomic E-state index is 13.6. The Hall–Kier alpha value is -1.92. The lowest BCUT2D eigenvalue weighted by molar-refractivity contribution is -0.133. The number of carbonyl (C=O) groups excluding carboxylic acids is 1. The van der Waals surface area contributed by atoms with E-state index in [-0.39, 0.29) is 17.9 Å². The maximum Gasteiger partial charge on any atom is 0.228 e. The van der Waals surface area contributed by atoms with Crippen molar-refractivity contribution in [2.45, 2.75) is 77.9 Å². The molecule has 2 saturated heterocycles. The highest BCUT2D eigenvalue weighted by atomic mass is 16.3. The van der Waals surface area contributed by atoms with Crippen LogP contribution in [0.2, 0.25) is 0 Å². The Morgan fingerprint density at radius 1 is 1.40 bits per heavy atom. The standard InChI is InChI=1S/C24H36N4O2/c1-17(2)7-9-24(14-20-5-6-21(24)28(20)10-4-12-29)23(30)25-15-19-16-27-11-8-18(3)13-22(27)26-19/h8,11,13,16-17,20-21,29H,4-7,9-10,12,14-15H2,1-3H3,(H,25,30)/t20-,21+,24+/m1/s1. The lowest BCUT2D eigenvalue weighted by Gasteiger charge is -2.37. The fraction of sp³-hybridized carbons (Fsp3) is 0.667. The molecule has 0 radical (unpaired) electrons. The van der Waals surface area contributed by atoms with Crippen molar-refractivity contribution < 1.29 is 9.90 Å². The Balaban J connectivity index is 1.50. The zero-order valence-electron chi connectivity index (χ0n) is 18.6. The minimum absolute atomic E-state index is 0.192. The third kappa shape index (κ3) is 4.00. The second-order valence-electron chi connectivity index (χ2n) is 9.74. The fourth-order valence-corrected chi connectivity index (χ4v) is 5.64. The zero-order chi connectivity index (χ0) is 21.3. The highest BCUT2D eigenvalue weighted by Gasteiger charge is 2.58. The van der Waals surface area contributed by atoms with Crippen LogP contribution in [0.3, 0.4) is 0 Å². The van der Waals surface area contributed by atoms with E-state index in [1.54, 1.807) is 0 Å². The number of imidazole rings is 1. The average molecular weight is 413 g/mol. The van der Waals surface area contributed by atoms with E-state index in [1.807, 2.05) is 16.8 Å². The number of nitrogens with zero attached hydrogens (tertiary/aromatic N) is 3. The molecule has 2 fully saturated rings. The predicted octanol–water partition coefficient (Wildman–Crippen LogP) is 3.30. The number of aliphatic hydroxyl groups excluding tert-OH is 1. The van der Waals surface area contributed by atoms with Crippen molar-refractivity contribution in [3.63, 3.8) is 0 Å². The number of hydrogen-bond acceptors (Lipinski definition) is 4. The van der Waals surface area contributed by atoms with Gasteiger partial charge in [0.1, 0.15) is 5.65 Å². The molecule has 2 aromatic heterocycles. The summed E-state index contributed by atoms with van der Waals surface area (Å²) in [6, 6.07) is 4.91. The molecular formula is C24H36N4O2. The van der Waals surface area contributed by atoms with Crippen molar-refractivity contribution in [1.82, 2.24) is 19.6 Å². The molecule has 4 heterocycles. The molecule has 4 rings (SSSR count). The van der Waals surface area contributed by atoms with Crippen LogP contribution in [-0.4, -0.2) is 50.5 Å². The van der Waals surface area contributed by atoms with Gasteiger partial charge in [-0.25, -0.2) is 4.98 Å². The first kappa shape index (κ1) is 21.3. The summed E-state index contributed by atoms with van der Waals surface area (Å²) in [4.78, 5) is 20.8. The van der Waals surface area contributed by atoms with Gasteiger partial charge in [0, 0.05) is 37.6 Å². The predicted molar refractivity (Wildman–Crippen MR) is 118 cm³/mol. The Kier molecular flexibility index (Phi) is 6.16. The van der Waals surface area contributed by atoms with Crippen molar-refractivity contribution in [2.75, 3.05) is 13.2 Å². The summed E-state index contributed by atoms with van der Waals surface area (Å²) in [6.45, 7) is 8.12. The van der Waals surface area contributed by atoms with Crippen LogP contribution in [0.4, 0.5) is 0 Å². The van der Waals surface area contributed by atoms with Crippen molar-refractivity contribution in [3.05, 3.63) is 35.8 Å². The number of fused-ring (bicyclic) bond motifs is 3. The molecule has 30 heavy (non-hydrogen) atoms. The van der Waals surface area contributed by atoms with Crippen molar-refractivity contribution >= 4 is 11.6 Å². The number of aliphatic hydroxyl groups is 1. The number of aromatic nitrogens is 2. The summed E-state index contributed by atoms with van der Waals surface area (Å²) in [5, 5.41) is 12.6. The van der Waals surface area contributed by atoms with Crippen LogP contribution in [0.1, 0.15) is 63.6 Å². The highest BCUT2D eigenvalue weighted by molar-refractivity contribution is 5.84. The molecule has 0 saturated carbocycles. The molecule has 2 aromatic rings. The van der Waals surface area contributed by atoms with E-state index < -0.39 is 0 Å². The number of pyridine rings is 1. The number of rotatable bonds is 9. The summed E-state index contributed by atoms with van der Waals surface area (Å²) < 4.78 is 2.01. The van der Waals surface area contributed by atoms with Gasteiger partial charge in [0.15, 0.2) is 0 Å². The van der Waals surface area contributed by atoms with Gasteiger partial charge in [0.25, 0.3) is 0 Å². The monoisotopic (exact) mass is 412 g/mol. The topological polar surface area (TPSA) is 69.9 Å². The second-order valence-corrected chi connectivity index (χ2v) is 9.74. The van der Waals surface area contributed by atoms with E-state index in [9.17, 15) is 9.90 Å². The van der Waals surface area contributed by atoms with Crippen LogP contribution < -0.4 is 5.32 Å². The van der Waals surface area contributed by atoms with Crippen molar-refractivity contribution in [3.8, 4) is 0 Å². The normalized spacial score (nSPS) is 26.2. The van der Waals surface area contributed by atoms with Crippen LogP contribution in [-0.2, 0) is 11.3 Å². The first-order valence-corrected chi connectivity index (χ1v) is 11.5. The largest absolute Gasteiger partial charge is 0.396 e. The second kappa shape index (κ2) is 8.67. The molecule has 2 aliphatic heterocycles. The zero-order valence-corrected chi connectivity index (χ0v) is 18.6. The minimum atomic E-state index is -0.307. The van der Waals surface area contributed by atoms with E-state index in [0.717, 1.165) is 50.0 Å². The van der Waals surface area contributed by atoms with Gasteiger partial charge in [-0.2, -0.15) is 0 Å². The molecule has 1 amide bonds. The van der Waals surface area contributed by atoms with Gasteiger partial charge in [-0.1, -0.05) is 13.8 Å². The van der Waals surface area contributed by atoms with Gasteiger partial charge in [-0.05, 0) is 69.1 Å². The third-order valence-corrected chi connectivity index (χ3v) is 7.17. The van der Waals surface area contributed by atoms with E-state index in [2.05, 4.69) is 48.1 Å². The van der Waals surface area contributed by atoms with Crippen molar-refractivity contribution in [2.24, 2.45) is 11.3 Å². The Morgan fingerprint density at radius 2 is 2.23 bits per heavy atom. The maximum atomic E-state index is 13.6. The molecule has 164 valence electrons. The number of hydrogen-bond donors (Lipinski definition) is 2. The van der Waals surface area contributed by atoms with Gasteiger partial charge in [-0.3, -0.25) is 9.69 Å². The molecule has 0 unspecified atom stereocenters. The number of aryl methyl sites for hydroxylation is 1. The highest BCUT2D eigenvalue weighted by Crippen LogP contribution is 2.52. The Labute approximate surface area is 179 Å². The van der Waals surface area contributed by atoms with Crippen LogP contribution in [0.5, 0.6) is 0 Å². The van der Waals surface area contributed by atoms with Gasteiger partial charge in [0.05, 0.1) is 17.7 Å². The lowest BCUT2D eigenvalue weighted by atomic mass is 9.69. The Bertz CT molecular complexity index is 892. The molecule has 0 spiro atoms. The lowest BCUT2D eigenvalue weighted by Crippen LogP contribution is -2.49. The van der Waals surface area contributed by atoms with E-state index in [0.29, 0.717) is 24.5 Å². The molecule has 0 aromatic carbocycles. The van der Waals surface area contributed by atoms with E-state index >= 15 is 0 Å². The van der Waals surface area contributed by atoms with Crippen LogP contribution in [0.15, 0.2) is 24.5 Å². The molecule has 6 heteroatoms. The summed E-state index contributed by atoms with van der Waals surface area (Å²) in [6.07, 6.45) is 10.0.